The highest BCUT2D eigenvalue weighted by atomic mass is 35.5. The second kappa shape index (κ2) is 6.92. The van der Waals surface area contributed by atoms with Crippen molar-refractivity contribution >= 4 is 46.0 Å². The molecule has 0 spiro atoms. The molecule has 1 aromatic heterocycles. The molecule has 0 radical (unpaired) electrons. The zero-order valence-electron chi connectivity index (χ0n) is 14.5. The van der Waals surface area contributed by atoms with Crippen LogP contribution < -0.4 is 4.74 Å². The molecule has 140 valence electrons. The lowest BCUT2D eigenvalue weighted by molar-refractivity contribution is -0.00454. The second-order valence-electron chi connectivity index (χ2n) is 6.65. The van der Waals surface area contributed by atoms with Gasteiger partial charge >= 0.3 is 0 Å². The Balaban J connectivity index is 1.57. The molecule has 2 atom stereocenters. The van der Waals surface area contributed by atoms with Gasteiger partial charge in [0.25, 0.3) is 6.23 Å². The molecule has 28 heavy (non-hydrogen) atoms. The van der Waals surface area contributed by atoms with E-state index < -0.39 is 6.23 Å². The fourth-order valence-corrected chi connectivity index (χ4v) is 4.61. The number of ether oxygens (including phenoxy) is 1. The van der Waals surface area contributed by atoms with E-state index in [0.717, 1.165) is 16.2 Å². The molecule has 0 fully saturated rings. The number of thiophene rings is 1. The number of nitrogens with zero attached hydrogens (tertiary/aromatic N) is 2. The summed E-state index contributed by atoms with van der Waals surface area (Å²) in [6.07, 6.45) is -0.140. The number of hydrogen-bond acceptors (Lipinski definition) is 5. The van der Waals surface area contributed by atoms with Crippen LogP contribution >= 0.6 is 34.5 Å². The maximum absolute atomic E-state index is 13.2. The second-order valence-corrected chi connectivity index (χ2v) is 8.47. The summed E-state index contributed by atoms with van der Waals surface area (Å²) in [7, 11) is 0. The summed E-state index contributed by atoms with van der Waals surface area (Å²) >= 11 is 13.8. The molecule has 2 aliphatic heterocycles. The van der Waals surface area contributed by atoms with Gasteiger partial charge in [0.2, 0.25) is 5.78 Å². The largest absolute Gasteiger partial charge is 0.461 e. The summed E-state index contributed by atoms with van der Waals surface area (Å²) in [6, 6.07) is 16.2. The van der Waals surface area contributed by atoms with Gasteiger partial charge in [-0.2, -0.15) is 5.10 Å². The predicted molar refractivity (Wildman–Crippen MR) is 112 cm³/mol. The number of halogens is 2. The maximum atomic E-state index is 13.2. The van der Waals surface area contributed by atoms with Crippen LogP contribution in [-0.4, -0.2) is 22.7 Å². The van der Waals surface area contributed by atoms with E-state index in [4.69, 9.17) is 33.0 Å². The van der Waals surface area contributed by atoms with Crippen LogP contribution in [0.1, 0.15) is 33.3 Å². The smallest absolute Gasteiger partial charge is 0.251 e. The van der Waals surface area contributed by atoms with Crippen LogP contribution in [-0.2, 0) is 0 Å². The van der Waals surface area contributed by atoms with Gasteiger partial charge in [-0.15, -0.1) is 11.3 Å². The van der Waals surface area contributed by atoms with Crippen LogP contribution in [0, 0.1) is 0 Å². The van der Waals surface area contributed by atoms with E-state index in [0.29, 0.717) is 27.8 Å². The zero-order chi connectivity index (χ0) is 19.3. The molecule has 7 heteroatoms. The van der Waals surface area contributed by atoms with Crippen molar-refractivity contribution in [2.45, 2.75) is 18.7 Å². The molecule has 4 nitrogen and oxygen atoms in total. The average Bonchev–Trinajstić information content (AvgIpc) is 3.37. The van der Waals surface area contributed by atoms with Crippen LogP contribution in [0.3, 0.4) is 0 Å². The Morgan fingerprint density at radius 2 is 1.89 bits per heavy atom. The number of ketones is 1. The first kappa shape index (κ1) is 17.7. The average molecular weight is 429 g/mol. The quantitative estimate of drug-likeness (QED) is 0.494. The molecule has 0 aliphatic carbocycles. The van der Waals surface area contributed by atoms with Crippen LogP contribution in [0.5, 0.6) is 5.75 Å². The van der Waals surface area contributed by atoms with Gasteiger partial charge in [-0.1, -0.05) is 29.3 Å². The molecule has 5 rings (SSSR count). The Morgan fingerprint density at radius 3 is 2.64 bits per heavy atom. The highest BCUT2D eigenvalue weighted by molar-refractivity contribution is 7.12. The summed E-state index contributed by atoms with van der Waals surface area (Å²) in [5.74, 6) is 0.513. The van der Waals surface area contributed by atoms with Crippen molar-refractivity contribution in [1.82, 2.24) is 5.01 Å². The van der Waals surface area contributed by atoms with Gasteiger partial charge in [-0.05, 0) is 53.9 Å². The first-order valence-electron chi connectivity index (χ1n) is 8.76. The Kier molecular flexibility index (Phi) is 4.38. The summed E-state index contributed by atoms with van der Waals surface area (Å²) in [6.45, 7) is 0. The molecule has 0 unspecified atom stereocenters. The Labute approximate surface area is 176 Å². The molecule has 2 aromatic carbocycles. The van der Waals surface area contributed by atoms with Crippen molar-refractivity contribution in [2.24, 2.45) is 5.10 Å². The van der Waals surface area contributed by atoms with Crippen LogP contribution in [0.2, 0.25) is 10.0 Å². The lowest BCUT2D eigenvalue weighted by Crippen LogP contribution is -2.45. The van der Waals surface area contributed by atoms with Gasteiger partial charge in [0.15, 0.2) is 0 Å². The minimum Gasteiger partial charge on any atom is -0.461 e. The highest BCUT2D eigenvalue weighted by Gasteiger charge is 2.43. The molecule has 3 heterocycles. The number of fused-ring (bicyclic) bond motifs is 3. The Morgan fingerprint density at radius 1 is 1.11 bits per heavy atom. The number of rotatable bonds is 3. The molecule has 2 aliphatic rings. The maximum Gasteiger partial charge on any atom is 0.251 e. The van der Waals surface area contributed by atoms with E-state index in [1.54, 1.807) is 46.7 Å². The van der Waals surface area contributed by atoms with Gasteiger partial charge in [0.05, 0.1) is 16.6 Å². The van der Waals surface area contributed by atoms with Gasteiger partial charge in [0.1, 0.15) is 5.75 Å². The molecule has 0 saturated carbocycles. The first-order valence-corrected chi connectivity index (χ1v) is 10.4. The Hall–Kier alpha value is -2.34. The number of carbonyl (C=O) groups excluding carboxylic acids is 1. The van der Waals surface area contributed by atoms with E-state index in [1.165, 1.54) is 0 Å². The number of hydrogen-bond donors (Lipinski definition) is 0. The van der Waals surface area contributed by atoms with Gasteiger partial charge in [0, 0.05) is 27.6 Å². The third kappa shape index (κ3) is 3.00. The van der Waals surface area contributed by atoms with E-state index in [1.807, 2.05) is 29.6 Å². The van der Waals surface area contributed by atoms with Gasteiger partial charge in [-0.3, -0.25) is 4.79 Å². The fraction of sp³-hybridized carbons (Fsp3) is 0.143. The van der Waals surface area contributed by atoms with E-state index in [9.17, 15) is 4.79 Å². The van der Waals surface area contributed by atoms with E-state index in [-0.39, 0.29) is 11.8 Å². The van der Waals surface area contributed by atoms with Crippen molar-refractivity contribution in [1.29, 1.82) is 0 Å². The van der Waals surface area contributed by atoms with Crippen molar-refractivity contribution in [3.05, 3.63) is 86.0 Å². The summed E-state index contributed by atoms with van der Waals surface area (Å²) in [5.41, 5.74) is 2.43. The molecule has 3 aromatic rings. The first-order chi connectivity index (χ1) is 13.6. The molecular weight excluding hydrogens is 415 g/mol. The zero-order valence-corrected chi connectivity index (χ0v) is 16.8. The van der Waals surface area contributed by atoms with Gasteiger partial charge in [-0.25, -0.2) is 5.01 Å². The molecular formula is C21H14Cl2N2O2S. The minimum absolute atomic E-state index is 0.0965. The van der Waals surface area contributed by atoms with Crippen molar-refractivity contribution in [2.75, 3.05) is 0 Å². The van der Waals surface area contributed by atoms with Crippen molar-refractivity contribution < 1.29 is 9.53 Å². The fourth-order valence-electron chi connectivity index (χ4n) is 3.58. The van der Waals surface area contributed by atoms with Crippen LogP contribution in [0.15, 0.2) is 65.1 Å². The van der Waals surface area contributed by atoms with Gasteiger partial charge < -0.3 is 4.74 Å². The minimum atomic E-state index is -0.836. The van der Waals surface area contributed by atoms with E-state index >= 15 is 0 Å². The summed E-state index contributed by atoms with van der Waals surface area (Å²) < 4.78 is 6.09. The Bertz CT molecular complexity index is 1080. The number of Topliss-reactive ketones (excluding diaryl/α,β-unsaturated/α-hetero) is 1. The number of benzene rings is 2. The monoisotopic (exact) mass is 428 g/mol. The lowest BCUT2D eigenvalue weighted by atomic mass is 9.97. The SMILES string of the molecule is O=C(c1ccc(Cl)cc1)[C@@H]1Oc2ccc(Cl)cc2[C@H]2CC(c3cccs3)=NN21. The third-order valence-corrected chi connectivity index (χ3v) is 6.32. The number of carbonyl (C=O) groups is 1. The normalized spacial score (nSPS) is 20.2. The molecule has 0 amide bonds. The molecule has 0 N–H and O–H groups in total. The molecule has 0 bridgehead atoms. The van der Waals surface area contributed by atoms with Crippen molar-refractivity contribution in [3.8, 4) is 5.75 Å². The predicted octanol–water partition coefficient (Wildman–Crippen LogP) is 5.81. The summed E-state index contributed by atoms with van der Waals surface area (Å²) in [5, 5.41) is 9.78. The number of hydrazone groups is 1. The summed E-state index contributed by atoms with van der Waals surface area (Å²) in [4.78, 5) is 14.3. The van der Waals surface area contributed by atoms with Crippen LogP contribution in [0.4, 0.5) is 0 Å². The van der Waals surface area contributed by atoms with Crippen molar-refractivity contribution in [3.63, 3.8) is 0 Å². The van der Waals surface area contributed by atoms with Crippen LogP contribution in [0.25, 0.3) is 0 Å². The lowest BCUT2D eigenvalue weighted by Gasteiger charge is -2.37. The highest BCUT2D eigenvalue weighted by Crippen LogP contribution is 2.44. The molecule has 0 saturated heterocycles. The van der Waals surface area contributed by atoms with E-state index in [2.05, 4.69) is 0 Å². The third-order valence-electron chi connectivity index (χ3n) is 4.91. The topological polar surface area (TPSA) is 41.9 Å². The standard InChI is InChI=1S/C21H14Cl2N2O2S/c22-13-5-3-12(4-6-13)20(26)21-25-17(11-16(24-25)19-2-1-9-28-19)15-10-14(23)7-8-18(15)27-21/h1-10,17,21H,11H2/t17-,21+/m1/s1.